The van der Waals surface area contributed by atoms with Gasteiger partial charge >= 0.3 is 0 Å². The lowest BCUT2D eigenvalue weighted by Gasteiger charge is -2.30. The van der Waals surface area contributed by atoms with Crippen molar-refractivity contribution < 1.29 is 17.9 Å². The number of aryl methyl sites for hydroxylation is 1. The van der Waals surface area contributed by atoms with Crippen molar-refractivity contribution in [3.8, 4) is 0 Å². The lowest BCUT2D eigenvalue weighted by Crippen LogP contribution is -2.39. The van der Waals surface area contributed by atoms with E-state index in [1.54, 1.807) is 33.5 Å². The Bertz CT molecular complexity index is 1380. The number of rotatable bonds is 9. The van der Waals surface area contributed by atoms with Crippen LogP contribution in [0, 0.1) is 5.92 Å². The van der Waals surface area contributed by atoms with Gasteiger partial charge in [0.25, 0.3) is 5.91 Å². The zero-order valence-corrected chi connectivity index (χ0v) is 24.5. The number of hydrogen-bond donors (Lipinski definition) is 0. The molecule has 0 radical (unpaired) electrons. The number of para-hydroxylation sites is 1. The number of anilines is 1. The first-order valence-corrected chi connectivity index (χ1v) is 16.2. The van der Waals surface area contributed by atoms with E-state index >= 15 is 0 Å². The summed E-state index contributed by atoms with van der Waals surface area (Å²) in [5.41, 5.74) is 2.57. The van der Waals surface area contributed by atoms with E-state index in [4.69, 9.17) is 9.72 Å². The average molecular weight is 571 g/mol. The number of carbonyl (C=O) groups excluding carboxylic acids is 1. The highest BCUT2D eigenvalue weighted by Crippen LogP contribution is 2.32. The summed E-state index contributed by atoms with van der Waals surface area (Å²) in [7, 11) is -3.58. The van der Waals surface area contributed by atoms with Crippen molar-refractivity contribution >= 4 is 42.6 Å². The molecular formula is C29H38N4O4S2. The van der Waals surface area contributed by atoms with E-state index in [9.17, 15) is 13.2 Å². The Morgan fingerprint density at radius 1 is 1.13 bits per heavy atom. The molecule has 2 fully saturated rings. The number of hydrogen-bond acceptors (Lipinski definition) is 7. The quantitative estimate of drug-likeness (QED) is 0.373. The summed E-state index contributed by atoms with van der Waals surface area (Å²) in [5, 5.41) is 0.678. The second kappa shape index (κ2) is 12.4. The van der Waals surface area contributed by atoms with Gasteiger partial charge in [-0.05, 0) is 67.5 Å². The van der Waals surface area contributed by atoms with Crippen molar-refractivity contribution in [2.24, 2.45) is 5.92 Å². The average Bonchev–Trinajstić information content (AvgIpc) is 3.40. The van der Waals surface area contributed by atoms with Crippen LogP contribution < -0.4 is 4.90 Å². The zero-order chi connectivity index (χ0) is 27.4. The molecule has 0 spiro atoms. The van der Waals surface area contributed by atoms with Gasteiger partial charge < -0.3 is 4.74 Å². The van der Waals surface area contributed by atoms with E-state index in [1.807, 2.05) is 12.1 Å². The third-order valence-corrected chi connectivity index (χ3v) is 10.6. The van der Waals surface area contributed by atoms with Crippen molar-refractivity contribution in [2.75, 3.05) is 57.4 Å². The van der Waals surface area contributed by atoms with Gasteiger partial charge in [0.1, 0.15) is 0 Å². The Kier molecular flexibility index (Phi) is 8.98. The summed E-state index contributed by atoms with van der Waals surface area (Å²) >= 11 is 1.53. The largest absolute Gasteiger partial charge is 0.379 e. The van der Waals surface area contributed by atoms with Crippen LogP contribution in [0.5, 0.6) is 0 Å². The van der Waals surface area contributed by atoms with Gasteiger partial charge in [0.05, 0.1) is 28.3 Å². The molecule has 3 aromatic rings. The van der Waals surface area contributed by atoms with Crippen LogP contribution >= 0.6 is 11.3 Å². The van der Waals surface area contributed by atoms with Gasteiger partial charge in [-0.15, -0.1) is 0 Å². The number of amides is 1. The highest BCUT2D eigenvalue weighted by molar-refractivity contribution is 7.89. The van der Waals surface area contributed by atoms with Gasteiger partial charge in [0.2, 0.25) is 10.0 Å². The number of nitrogens with zero attached hydrogens (tertiary/aromatic N) is 4. The van der Waals surface area contributed by atoms with Crippen LogP contribution in [0.4, 0.5) is 5.13 Å². The number of piperidine rings is 1. The van der Waals surface area contributed by atoms with Crippen LogP contribution in [0.25, 0.3) is 10.2 Å². The molecular weight excluding hydrogens is 532 g/mol. The fourth-order valence-corrected chi connectivity index (χ4v) is 8.03. The van der Waals surface area contributed by atoms with Crippen LogP contribution in [0.1, 0.15) is 49.0 Å². The third-order valence-electron chi connectivity index (χ3n) is 7.67. The third kappa shape index (κ3) is 6.36. The van der Waals surface area contributed by atoms with E-state index in [-0.39, 0.29) is 10.8 Å². The van der Waals surface area contributed by atoms with E-state index in [0.717, 1.165) is 74.3 Å². The molecule has 1 amide bonds. The monoisotopic (exact) mass is 570 g/mol. The second-order valence-electron chi connectivity index (χ2n) is 10.5. The van der Waals surface area contributed by atoms with Crippen LogP contribution in [0.2, 0.25) is 0 Å². The second-order valence-corrected chi connectivity index (χ2v) is 13.5. The molecule has 210 valence electrons. The van der Waals surface area contributed by atoms with E-state index in [2.05, 4.69) is 24.8 Å². The van der Waals surface area contributed by atoms with Gasteiger partial charge in [-0.25, -0.2) is 13.4 Å². The SMILES string of the molecule is CCc1cccc2sc(N(CCCN3CCOCC3)C(=O)c3ccc(S(=O)(=O)N4CCCC(C)C4)cc3)nc12. The first kappa shape index (κ1) is 28.2. The molecule has 2 aliphatic rings. The molecule has 0 saturated carbocycles. The minimum absolute atomic E-state index is 0.162. The maximum absolute atomic E-state index is 13.9. The fourth-order valence-electron chi connectivity index (χ4n) is 5.39. The molecule has 8 nitrogen and oxygen atoms in total. The lowest BCUT2D eigenvalue weighted by atomic mass is 10.0. The zero-order valence-electron chi connectivity index (χ0n) is 22.8. The Morgan fingerprint density at radius 3 is 2.62 bits per heavy atom. The number of morpholine rings is 1. The van der Waals surface area contributed by atoms with Crippen LogP contribution in [-0.2, 0) is 21.2 Å². The normalized spacial score (nSPS) is 19.4. The van der Waals surface area contributed by atoms with Crippen molar-refractivity contribution in [3.63, 3.8) is 0 Å². The first-order valence-electron chi connectivity index (χ1n) is 14.0. The van der Waals surface area contributed by atoms with Crippen molar-refractivity contribution in [1.82, 2.24) is 14.2 Å². The number of benzene rings is 2. The minimum Gasteiger partial charge on any atom is -0.379 e. The molecule has 2 aromatic carbocycles. The standard InChI is InChI=1S/C29H38N4O4S2/c1-3-23-8-4-9-26-27(23)30-29(38-26)33(16-6-14-31-17-19-37-20-18-31)28(34)24-10-12-25(13-11-24)39(35,36)32-15-5-7-22(2)21-32/h4,8-13,22H,3,5-7,14-21H2,1-2H3. The molecule has 0 bridgehead atoms. The molecule has 5 rings (SSSR count). The van der Waals surface area contributed by atoms with Crippen molar-refractivity contribution in [2.45, 2.75) is 44.4 Å². The number of sulfonamides is 1. The van der Waals surface area contributed by atoms with Crippen LogP contribution in [0.15, 0.2) is 47.4 Å². The number of thiazole rings is 1. The predicted octanol–water partition coefficient (Wildman–Crippen LogP) is 4.65. The molecule has 0 N–H and O–H groups in total. The Morgan fingerprint density at radius 2 is 1.90 bits per heavy atom. The van der Waals surface area contributed by atoms with E-state index in [0.29, 0.717) is 36.2 Å². The van der Waals surface area contributed by atoms with Gasteiger partial charge in [-0.2, -0.15) is 4.31 Å². The fraction of sp³-hybridized carbons (Fsp3) is 0.517. The van der Waals surface area contributed by atoms with Crippen molar-refractivity contribution in [3.05, 3.63) is 53.6 Å². The summed E-state index contributed by atoms with van der Waals surface area (Å²) in [4.78, 5) is 23.1. The number of ether oxygens (including phenoxy) is 1. The van der Waals surface area contributed by atoms with E-state index < -0.39 is 10.0 Å². The predicted molar refractivity (Wildman–Crippen MR) is 156 cm³/mol. The highest BCUT2D eigenvalue weighted by Gasteiger charge is 2.29. The van der Waals surface area contributed by atoms with Crippen LogP contribution in [-0.4, -0.2) is 81.0 Å². The topological polar surface area (TPSA) is 83.0 Å². The number of fused-ring (bicyclic) bond motifs is 1. The number of carbonyl (C=O) groups is 1. The number of aromatic nitrogens is 1. The molecule has 2 saturated heterocycles. The molecule has 2 aliphatic heterocycles. The smallest absolute Gasteiger partial charge is 0.260 e. The van der Waals surface area contributed by atoms with Crippen molar-refractivity contribution in [1.29, 1.82) is 0 Å². The minimum atomic E-state index is -3.58. The molecule has 39 heavy (non-hydrogen) atoms. The summed E-state index contributed by atoms with van der Waals surface area (Å²) in [6.45, 7) is 9.98. The maximum atomic E-state index is 13.9. The summed E-state index contributed by atoms with van der Waals surface area (Å²) in [6, 6.07) is 12.6. The van der Waals surface area contributed by atoms with Crippen LogP contribution in [0.3, 0.4) is 0 Å². The molecule has 1 unspecified atom stereocenters. The van der Waals surface area contributed by atoms with Gasteiger partial charge in [-0.1, -0.05) is 37.3 Å². The van der Waals surface area contributed by atoms with Gasteiger partial charge in [-0.3, -0.25) is 14.6 Å². The Hall–Kier alpha value is -2.37. The Balaban J connectivity index is 1.38. The summed E-state index contributed by atoms with van der Waals surface area (Å²) in [6.07, 6.45) is 3.60. The molecule has 1 atom stereocenters. The lowest BCUT2D eigenvalue weighted by molar-refractivity contribution is 0.0376. The first-order chi connectivity index (χ1) is 18.9. The summed E-state index contributed by atoms with van der Waals surface area (Å²) in [5.74, 6) is 0.187. The molecule has 0 aliphatic carbocycles. The van der Waals surface area contributed by atoms with Gasteiger partial charge in [0, 0.05) is 44.8 Å². The highest BCUT2D eigenvalue weighted by atomic mass is 32.2. The van der Waals surface area contributed by atoms with Gasteiger partial charge in [0.15, 0.2) is 5.13 Å². The molecule has 3 heterocycles. The van der Waals surface area contributed by atoms with E-state index in [1.165, 1.54) is 11.3 Å². The molecule has 1 aromatic heterocycles. The Labute approximate surface area is 235 Å². The maximum Gasteiger partial charge on any atom is 0.260 e. The molecule has 10 heteroatoms. The summed E-state index contributed by atoms with van der Waals surface area (Å²) < 4.78 is 34.6.